The summed E-state index contributed by atoms with van der Waals surface area (Å²) < 4.78 is 5.62. The smallest absolute Gasteiger partial charge is 0.352 e. The first-order chi connectivity index (χ1) is 16.8. The number of benzene rings is 2. The van der Waals surface area contributed by atoms with Gasteiger partial charge in [0.1, 0.15) is 22.9 Å². The number of nitrogens with one attached hydrogen (secondary N) is 1. The van der Waals surface area contributed by atoms with Gasteiger partial charge in [0, 0.05) is 5.75 Å². The summed E-state index contributed by atoms with van der Waals surface area (Å²) >= 11 is 1.38. The van der Waals surface area contributed by atoms with E-state index < -0.39 is 41.1 Å². The molecule has 180 valence electrons. The van der Waals surface area contributed by atoms with Crippen LogP contribution >= 0.6 is 11.8 Å². The molecule has 3 aliphatic rings. The number of carboxylic acids is 1. The number of β-lactam (4-membered cyclic amide) rings is 1. The lowest BCUT2D eigenvalue weighted by molar-refractivity contribution is -0.151. The van der Waals surface area contributed by atoms with Crippen molar-refractivity contribution in [1.29, 1.82) is 0 Å². The molecular weight excluding hydrogens is 468 g/mol. The number of rotatable bonds is 6. The molecule has 8 nitrogen and oxygen atoms in total. The maximum absolute atomic E-state index is 13.3. The summed E-state index contributed by atoms with van der Waals surface area (Å²) in [5, 5.41) is 11.7. The number of ether oxygens (including phenoxy) is 1. The number of carboxylic acid groups (broad SMARTS) is 1. The molecule has 0 bridgehead atoms. The number of carbonyl (C=O) groups is 4. The molecule has 35 heavy (non-hydrogen) atoms. The van der Waals surface area contributed by atoms with Crippen molar-refractivity contribution in [2.45, 2.75) is 43.5 Å². The zero-order valence-corrected chi connectivity index (χ0v) is 19.8. The fourth-order valence-electron chi connectivity index (χ4n) is 4.84. The van der Waals surface area contributed by atoms with Crippen LogP contribution in [0.25, 0.3) is 0 Å². The molecular formula is C26H24N2O6S. The van der Waals surface area contributed by atoms with Gasteiger partial charge in [0.15, 0.2) is 5.92 Å². The third-order valence-corrected chi connectivity index (χ3v) is 8.00. The normalized spacial score (nSPS) is 21.5. The van der Waals surface area contributed by atoms with Crippen molar-refractivity contribution in [2.24, 2.45) is 0 Å². The van der Waals surface area contributed by atoms with Crippen molar-refractivity contribution >= 4 is 35.5 Å². The average Bonchev–Trinajstić information content (AvgIpc) is 3.31. The number of amides is 2. The van der Waals surface area contributed by atoms with Crippen molar-refractivity contribution in [3.05, 3.63) is 76.5 Å². The number of esters is 1. The van der Waals surface area contributed by atoms with Crippen LogP contribution in [0.5, 0.6) is 5.75 Å². The van der Waals surface area contributed by atoms with E-state index in [4.69, 9.17) is 4.74 Å². The van der Waals surface area contributed by atoms with Gasteiger partial charge in [-0.3, -0.25) is 19.3 Å². The minimum absolute atomic E-state index is 0.0418. The van der Waals surface area contributed by atoms with Crippen molar-refractivity contribution in [3.63, 3.8) is 0 Å². The molecule has 2 aromatic carbocycles. The lowest BCUT2D eigenvalue weighted by Gasteiger charge is -2.49. The van der Waals surface area contributed by atoms with E-state index in [9.17, 15) is 24.3 Å². The number of fused-ring (bicyclic) bond motifs is 2. The molecule has 2 aliphatic heterocycles. The molecule has 0 radical (unpaired) electrons. The molecule has 9 heteroatoms. The highest BCUT2D eigenvalue weighted by Crippen LogP contribution is 2.40. The van der Waals surface area contributed by atoms with Crippen LogP contribution in [0.2, 0.25) is 0 Å². The highest BCUT2D eigenvalue weighted by molar-refractivity contribution is 8.00. The summed E-state index contributed by atoms with van der Waals surface area (Å²) in [5.41, 5.74) is 3.38. The van der Waals surface area contributed by atoms with Gasteiger partial charge < -0.3 is 15.2 Å². The van der Waals surface area contributed by atoms with E-state index in [0.29, 0.717) is 22.6 Å². The molecule has 2 unspecified atom stereocenters. The summed E-state index contributed by atoms with van der Waals surface area (Å²) in [4.78, 5) is 52.2. The van der Waals surface area contributed by atoms with Crippen LogP contribution in [0, 0.1) is 0 Å². The third-order valence-electron chi connectivity index (χ3n) is 6.58. The van der Waals surface area contributed by atoms with Crippen LogP contribution in [0.15, 0.2) is 59.8 Å². The van der Waals surface area contributed by atoms with Crippen LogP contribution < -0.4 is 10.1 Å². The summed E-state index contributed by atoms with van der Waals surface area (Å²) in [6.07, 6.45) is 2.99. The quantitative estimate of drug-likeness (QED) is 0.276. The number of aliphatic carboxylic acids is 1. The Hall–Kier alpha value is -3.59. The molecule has 1 fully saturated rings. The molecule has 1 aliphatic carbocycles. The second-order valence-corrected chi connectivity index (χ2v) is 9.98. The maximum Gasteiger partial charge on any atom is 0.352 e. The highest BCUT2D eigenvalue weighted by atomic mass is 32.2. The van der Waals surface area contributed by atoms with Crippen LogP contribution in [0.3, 0.4) is 0 Å². The zero-order chi connectivity index (χ0) is 24.7. The van der Waals surface area contributed by atoms with Gasteiger partial charge >= 0.3 is 11.9 Å². The van der Waals surface area contributed by atoms with E-state index in [-0.39, 0.29) is 5.70 Å². The second-order valence-electron chi connectivity index (χ2n) is 8.88. The molecule has 0 spiro atoms. The van der Waals surface area contributed by atoms with E-state index in [2.05, 4.69) is 5.32 Å². The molecule has 3 atom stereocenters. The van der Waals surface area contributed by atoms with Crippen LogP contribution in [-0.2, 0) is 32.0 Å². The lowest BCUT2D eigenvalue weighted by atomic mass is 9.96. The van der Waals surface area contributed by atoms with Crippen molar-refractivity contribution < 1.29 is 29.0 Å². The lowest BCUT2D eigenvalue weighted by Crippen LogP contribution is -2.71. The Morgan fingerprint density at radius 3 is 2.60 bits per heavy atom. The Balaban J connectivity index is 1.35. The fraction of sp³-hybridized carbons (Fsp3) is 0.308. The predicted octanol–water partition coefficient (Wildman–Crippen LogP) is 2.62. The summed E-state index contributed by atoms with van der Waals surface area (Å²) in [5.74, 6) is -3.55. The minimum atomic E-state index is -1.28. The summed E-state index contributed by atoms with van der Waals surface area (Å²) in [6.45, 7) is 1.67. The molecule has 2 aromatic rings. The standard InChI is InChI=1S/C26H24N2O6S/c1-14-13-35-24-20(23(30)28(24)21(14)25(31)32)27-22(29)19(16-6-3-2-4-7-16)26(33)34-18-11-10-15-8-5-9-17(15)12-18/h2-4,6-7,10-12,19-20,24H,5,8-9,13H2,1H3,(H,27,29)(H,31,32)/t19?,20?,24-/m1/s1. The Morgan fingerprint density at radius 1 is 1.11 bits per heavy atom. The summed E-state index contributed by atoms with van der Waals surface area (Å²) in [7, 11) is 0. The van der Waals surface area contributed by atoms with Gasteiger partial charge in [-0.2, -0.15) is 0 Å². The Kier molecular flexibility index (Phi) is 6.10. The topological polar surface area (TPSA) is 113 Å². The monoisotopic (exact) mass is 492 g/mol. The van der Waals surface area contributed by atoms with Crippen molar-refractivity contribution in [3.8, 4) is 5.75 Å². The molecule has 2 N–H and O–H groups in total. The van der Waals surface area contributed by atoms with Gasteiger partial charge in [-0.25, -0.2) is 4.79 Å². The molecule has 2 heterocycles. The van der Waals surface area contributed by atoms with E-state index in [0.717, 1.165) is 24.8 Å². The first kappa shape index (κ1) is 23.2. The Bertz CT molecular complexity index is 1260. The molecule has 0 aromatic heterocycles. The third kappa shape index (κ3) is 4.20. The number of aryl methyl sites for hydroxylation is 2. The predicted molar refractivity (Wildman–Crippen MR) is 129 cm³/mol. The van der Waals surface area contributed by atoms with E-state index in [1.54, 1.807) is 43.3 Å². The van der Waals surface area contributed by atoms with Gasteiger partial charge in [-0.15, -0.1) is 11.8 Å². The van der Waals surface area contributed by atoms with Crippen molar-refractivity contribution in [2.75, 3.05) is 5.75 Å². The largest absolute Gasteiger partial charge is 0.477 e. The van der Waals surface area contributed by atoms with Crippen molar-refractivity contribution in [1.82, 2.24) is 10.2 Å². The number of hydrogen-bond donors (Lipinski definition) is 2. The maximum atomic E-state index is 13.3. The second kappa shape index (κ2) is 9.22. The SMILES string of the molecule is CC1=C(C(=O)O)N2C(=O)C(NC(=O)C(C(=O)Oc3ccc4c(c3)CCC4)c3ccccc3)[C@H]2SC1. The van der Waals surface area contributed by atoms with Gasteiger partial charge in [-0.05, 0) is 60.6 Å². The van der Waals surface area contributed by atoms with E-state index in [1.807, 2.05) is 12.1 Å². The first-order valence-corrected chi connectivity index (χ1v) is 12.5. The highest BCUT2D eigenvalue weighted by Gasteiger charge is 2.54. The fourth-order valence-corrected chi connectivity index (χ4v) is 6.13. The molecule has 0 saturated carbocycles. The zero-order valence-electron chi connectivity index (χ0n) is 19.0. The van der Waals surface area contributed by atoms with Gasteiger partial charge in [0.05, 0.1) is 0 Å². The van der Waals surface area contributed by atoms with Crippen LogP contribution in [-0.4, -0.2) is 50.9 Å². The minimum Gasteiger partial charge on any atom is -0.477 e. The Morgan fingerprint density at radius 2 is 1.86 bits per heavy atom. The molecule has 2 amide bonds. The van der Waals surface area contributed by atoms with E-state index in [1.165, 1.54) is 22.2 Å². The Labute approximate surface area is 206 Å². The van der Waals surface area contributed by atoms with Crippen LogP contribution in [0.1, 0.15) is 36.0 Å². The number of carbonyl (C=O) groups excluding carboxylic acids is 3. The molecule has 1 saturated heterocycles. The number of hydrogen-bond acceptors (Lipinski definition) is 6. The van der Waals surface area contributed by atoms with Gasteiger partial charge in [0.25, 0.3) is 5.91 Å². The average molecular weight is 493 g/mol. The summed E-state index contributed by atoms with van der Waals surface area (Å²) in [6, 6.07) is 13.1. The number of thioether (sulfide) groups is 1. The first-order valence-electron chi connectivity index (χ1n) is 11.4. The van der Waals surface area contributed by atoms with Gasteiger partial charge in [-0.1, -0.05) is 36.4 Å². The van der Waals surface area contributed by atoms with Crippen LogP contribution in [0.4, 0.5) is 0 Å². The number of nitrogens with zero attached hydrogens (tertiary/aromatic N) is 1. The van der Waals surface area contributed by atoms with Gasteiger partial charge in [0.2, 0.25) is 5.91 Å². The van der Waals surface area contributed by atoms with E-state index >= 15 is 0 Å². The molecule has 5 rings (SSSR count).